The Balaban J connectivity index is 2.83. The molecule has 1 rings (SSSR count). The Hall–Kier alpha value is -1.19. The van der Waals surface area contributed by atoms with E-state index in [1.54, 1.807) is 6.92 Å². The van der Waals surface area contributed by atoms with Crippen molar-refractivity contribution in [3.63, 3.8) is 0 Å². The molecule has 4 heteroatoms. The molecule has 4 nitrogen and oxygen atoms in total. The van der Waals surface area contributed by atoms with Crippen LogP contribution in [0.4, 0.5) is 0 Å². The van der Waals surface area contributed by atoms with Gasteiger partial charge in [-0.25, -0.2) is 0 Å². The van der Waals surface area contributed by atoms with Crippen molar-refractivity contribution in [1.82, 2.24) is 5.32 Å². The number of amidine groups is 1. The molecule has 0 saturated carbocycles. The highest BCUT2D eigenvalue weighted by Gasteiger charge is 2.29. The number of hydrogen-bond acceptors (Lipinski definition) is 2. The second-order valence-electron chi connectivity index (χ2n) is 2.70. The summed E-state index contributed by atoms with van der Waals surface area (Å²) in [6.45, 7) is 3.65. The van der Waals surface area contributed by atoms with E-state index in [9.17, 15) is 9.59 Å². The fourth-order valence-corrected chi connectivity index (χ4v) is 1.11. The van der Waals surface area contributed by atoms with Crippen LogP contribution in [0.5, 0.6) is 0 Å². The molecule has 66 valence electrons. The topological polar surface area (TPSA) is 58.5 Å². The lowest BCUT2D eigenvalue weighted by Crippen LogP contribution is -2.43. The third-order valence-electron chi connectivity index (χ3n) is 1.87. The van der Waals surface area contributed by atoms with E-state index in [0.29, 0.717) is 18.7 Å². The summed E-state index contributed by atoms with van der Waals surface area (Å²) in [5.74, 6) is -0.609. The van der Waals surface area contributed by atoms with E-state index in [1.807, 2.05) is 6.92 Å². The van der Waals surface area contributed by atoms with Gasteiger partial charge in [0.15, 0.2) is 0 Å². The maximum Gasteiger partial charge on any atom is 0.259 e. The smallest absolute Gasteiger partial charge is 0.259 e. The Bertz CT molecular complexity index is 245. The van der Waals surface area contributed by atoms with E-state index in [4.69, 9.17) is 0 Å². The van der Waals surface area contributed by atoms with Crippen LogP contribution < -0.4 is 5.32 Å². The normalized spacial score (nSPS) is 23.5. The van der Waals surface area contributed by atoms with Gasteiger partial charge in [-0.3, -0.25) is 9.59 Å². The summed E-state index contributed by atoms with van der Waals surface area (Å²) >= 11 is 0. The van der Waals surface area contributed by atoms with Crippen LogP contribution in [-0.2, 0) is 9.59 Å². The summed E-state index contributed by atoms with van der Waals surface area (Å²) < 4.78 is 0. The SMILES string of the molecule is CCC1=NC(=O)C(CC)C(=O)N1. The first-order valence-corrected chi connectivity index (χ1v) is 4.11. The van der Waals surface area contributed by atoms with Crippen LogP contribution in [0.2, 0.25) is 0 Å². The molecule has 0 aliphatic carbocycles. The fourth-order valence-electron chi connectivity index (χ4n) is 1.11. The lowest BCUT2D eigenvalue weighted by molar-refractivity contribution is -0.133. The largest absolute Gasteiger partial charge is 0.313 e. The van der Waals surface area contributed by atoms with Gasteiger partial charge in [0, 0.05) is 6.42 Å². The second-order valence-corrected chi connectivity index (χ2v) is 2.70. The zero-order chi connectivity index (χ0) is 9.14. The highest BCUT2D eigenvalue weighted by molar-refractivity contribution is 6.15. The number of nitrogens with one attached hydrogen (secondary N) is 1. The molecule has 1 aliphatic rings. The van der Waals surface area contributed by atoms with Crippen molar-refractivity contribution >= 4 is 17.6 Å². The minimum Gasteiger partial charge on any atom is -0.313 e. The third-order valence-corrected chi connectivity index (χ3v) is 1.87. The average Bonchev–Trinajstić information content (AvgIpc) is 2.03. The van der Waals surface area contributed by atoms with Crippen LogP contribution in [0.15, 0.2) is 4.99 Å². The highest BCUT2D eigenvalue weighted by atomic mass is 16.2. The second kappa shape index (κ2) is 3.47. The highest BCUT2D eigenvalue weighted by Crippen LogP contribution is 2.09. The minimum absolute atomic E-state index is 0.214. The van der Waals surface area contributed by atoms with Gasteiger partial charge in [-0.1, -0.05) is 13.8 Å². The summed E-state index contributed by atoms with van der Waals surface area (Å²) in [7, 11) is 0. The summed E-state index contributed by atoms with van der Waals surface area (Å²) in [4.78, 5) is 26.1. The molecule has 1 heterocycles. The van der Waals surface area contributed by atoms with Gasteiger partial charge in [0.05, 0.1) is 0 Å². The van der Waals surface area contributed by atoms with Crippen molar-refractivity contribution in [2.75, 3.05) is 0 Å². The van der Waals surface area contributed by atoms with Gasteiger partial charge in [-0.05, 0) is 6.42 Å². The first-order valence-electron chi connectivity index (χ1n) is 4.11. The Labute approximate surface area is 71.1 Å². The summed E-state index contributed by atoms with van der Waals surface area (Å²) in [6.07, 6.45) is 1.11. The van der Waals surface area contributed by atoms with Gasteiger partial charge in [0.25, 0.3) is 5.91 Å². The van der Waals surface area contributed by atoms with Crippen LogP contribution in [0.25, 0.3) is 0 Å². The third kappa shape index (κ3) is 1.52. The lowest BCUT2D eigenvalue weighted by atomic mass is 10.0. The van der Waals surface area contributed by atoms with Crippen LogP contribution in [0.3, 0.4) is 0 Å². The van der Waals surface area contributed by atoms with Crippen molar-refractivity contribution in [3.8, 4) is 0 Å². The van der Waals surface area contributed by atoms with Crippen molar-refractivity contribution in [3.05, 3.63) is 0 Å². The van der Waals surface area contributed by atoms with Gasteiger partial charge >= 0.3 is 0 Å². The molecule has 0 bridgehead atoms. The predicted octanol–water partition coefficient (Wildman–Crippen LogP) is 0.477. The fraction of sp³-hybridized carbons (Fsp3) is 0.625. The quantitative estimate of drug-likeness (QED) is 0.609. The molecule has 0 saturated heterocycles. The molecule has 0 aromatic carbocycles. The summed E-state index contributed by atoms with van der Waals surface area (Å²) in [5.41, 5.74) is 0. The van der Waals surface area contributed by atoms with Crippen LogP contribution in [-0.4, -0.2) is 17.6 Å². The molecular weight excluding hydrogens is 156 g/mol. The Morgan fingerprint density at radius 2 is 2.08 bits per heavy atom. The zero-order valence-electron chi connectivity index (χ0n) is 7.26. The maximum absolute atomic E-state index is 11.2. The number of rotatable bonds is 2. The number of carbonyl (C=O) groups is 2. The zero-order valence-corrected chi connectivity index (χ0v) is 7.26. The van der Waals surface area contributed by atoms with E-state index in [0.717, 1.165) is 0 Å². The van der Waals surface area contributed by atoms with Gasteiger partial charge in [-0.15, -0.1) is 0 Å². The van der Waals surface area contributed by atoms with Crippen molar-refractivity contribution in [2.45, 2.75) is 26.7 Å². The van der Waals surface area contributed by atoms with Crippen molar-refractivity contribution in [2.24, 2.45) is 10.9 Å². The van der Waals surface area contributed by atoms with Crippen LogP contribution in [0.1, 0.15) is 26.7 Å². The number of nitrogens with zero attached hydrogens (tertiary/aromatic N) is 1. The van der Waals surface area contributed by atoms with Gasteiger partial charge in [0.1, 0.15) is 11.8 Å². The number of hydrogen-bond donors (Lipinski definition) is 1. The predicted molar refractivity (Wildman–Crippen MR) is 44.7 cm³/mol. The molecule has 0 spiro atoms. The van der Waals surface area contributed by atoms with E-state index >= 15 is 0 Å². The lowest BCUT2D eigenvalue weighted by Gasteiger charge is -2.17. The van der Waals surface area contributed by atoms with E-state index in [-0.39, 0.29) is 11.8 Å². The molecule has 1 atom stereocenters. The van der Waals surface area contributed by atoms with E-state index in [1.165, 1.54) is 0 Å². The van der Waals surface area contributed by atoms with E-state index in [2.05, 4.69) is 10.3 Å². The van der Waals surface area contributed by atoms with Gasteiger partial charge in [-0.2, -0.15) is 4.99 Å². The summed E-state index contributed by atoms with van der Waals surface area (Å²) in [5, 5.41) is 2.59. The average molecular weight is 168 g/mol. The van der Waals surface area contributed by atoms with E-state index < -0.39 is 5.92 Å². The maximum atomic E-state index is 11.2. The molecule has 1 unspecified atom stereocenters. The molecule has 0 aromatic heterocycles. The Morgan fingerprint density at radius 3 is 2.50 bits per heavy atom. The Morgan fingerprint density at radius 1 is 1.42 bits per heavy atom. The molecule has 1 N–H and O–H groups in total. The molecule has 0 fully saturated rings. The van der Waals surface area contributed by atoms with Crippen LogP contribution in [0, 0.1) is 5.92 Å². The number of amides is 2. The number of aliphatic imine (C=N–C) groups is 1. The van der Waals surface area contributed by atoms with Crippen molar-refractivity contribution < 1.29 is 9.59 Å². The molecule has 12 heavy (non-hydrogen) atoms. The monoisotopic (exact) mass is 168 g/mol. The first-order chi connectivity index (χ1) is 5.69. The molecule has 1 aliphatic heterocycles. The molecule has 2 amide bonds. The molecular formula is C8H12N2O2. The molecule has 0 aromatic rings. The van der Waals surface area contributed by atoms with Gasteiger partial charge in [0.2, 0.25) is 5.91 Å². The van der Waals surface area contributed by atoms with Crippen LogP contribution >= 0.6 is 0 Å². The first kappa shape index (κ1) is 8.90. The van der Waals surface area contributed by atoms with Crippen molar-refractivity contribution in [1.29, 1.82) is 0 Å². The minimum atomic E-state index is -0.569. The molecule has 0 radical (unpaired) electrons. The summed E-state index contributed by atoms with van der Waals surface area (Å²) in [6, 6.07) is 0. The standard InChI is InChI=1S/C8H12N2O2/c1-3-5-7(11)9-6(4-2)10-8(5)12/h5H,3-4H2,1-2H3,(H,9,10,11,12). The number of carbonyl (C=O) groups excluding carboxylic acids is 2. The van der Waals surface area contributed by atoms with Gasteiger partial charge < -0.3 is 5.32 Å². The Kier molecular flexibility index (Phi) is 2.58.